The summed E-state index contributed by atoms with van der Waals surface area (Å²) in [4.78, 5) is 22.6. The van der Waals surface area contributed by atoms with Crippen LogP contribution in [0.15, 0.2) is 42.7 Å². The third-order valence-electron chi connectivity index (χ3n) is 4.80. The summed E-state index contributed by atoms with van der Waals surface area (Å²) in [7, 11) is 0. The van der Waals surface area contributed by atoms with Crippen molar-refractivity contribution in [2.75, 3.05) is 13.1 Å². The van der Waals surface area contributed by atoms with E-state index in [0.29, 0.717) is 11.8 Å². The molecule has 2 aromatic rings. The van der Waals surface area contributed by atoms with Crippen molar-refractivity contribution in [3.63, 3.8) is 0 Å². The van der Waals surface area contributed by atoms with Crippen molar-refractivity contribution >= 4 is 5.91 Å². The molecule has 1 fully saturated rings. The molecule has 1 aliphatic rings. The van der Waals surface area contributed by atoms with Gasteiger partial charge in [0.15, 0.2) is 0 Å². The molecule has 4 heteroatoms. The number of likely N-dealkylation sites (tertiary alicyclic amines) is 1. The van der Waals surface area contributed by atoms with Crippen molar-refractivity contribution in [2.45, 2.75) is 38.5 Å². The Morgan fingerprint density at radius 2 is 1.91 bits per heavy atom. The first-order valence-corrected chi connectivity index (χ1v) is 8.50. The Balaban J connectivity index is 1.68. The lowest BCUT2D eigenvalue weighted by Gasteiger charge is -2.35. The minimum absolute atomic E-state index is 0.0450. The molecule has 23 heavy (non-hydrogen) atoms. The highest BCUT2D eigenvalue weighted by Gasteiger charge is 2.31. The number of piperidine rings is 1. The predicted molar refractivity (Wildman–Crippen MR) is 91.2 cm³/mol. The zero-order chi connectivity index (χ0) is 16.2. The van der Waals surface area contributed by atoms with Crippen molar-refractivity contribution < 1.29 is 4.79 Å². The minimum Gasteiger partial charge on any atom is -0.348 e. The smallest absolute Gasteiger partial charge is 0.230 e. The Hall–Kier alpha value is -2.10. The number of hydrogen-bond donors (Lipinski definition) is 1. The molecule has 0 spiro atoms. The van der Waals surface area contributed by atoms with Gasteiger partial charge in [0.05, 0.1) is 5.92 Å². The summed E-state index contributed by atoms with van der Waals surface area (Å²) in [6.45, 7) is 5.90. The zero-order valence-electron chi connectivity index (χ0n) is 13.9. The lowest BCUT2D eigenvalue weighted by atomic mass is 9.86. The van der Waals surface area contributed by atoms with Gasteiger partial charge < -0.3 is 9.88 Å². The molecule has 0 bridgehead atoms. The van der Waals surface area contributed by atoms with Gasteiger partial charge in [-0.1, -0.05) is 44.2 Å². The highest BCUT2D eigenvalue weighted by Crippen LogP contribution is 2.31. The summed E-state index contributed by atoms with van der Waals surface area (Å²) in [6.07, 6.45) is 5.64. The Morgan fingerprint density at radius 1 is 1.22 bits per heavy atom. The Kier molecular flexibility index (Phi) is 4.79. The van der Waals surface area contributed by atoms with Gasteiger partial charge in [-0.3, -0.25) is 4.79 Å². The van der Waals surface area contributed by atoms with Crippen LogP contribution in [-0.2, 0) is 4.79 Å². The number of nitrogens with one attached hydrogen (secondary N) is 1. The fourth-order valence-electron chi connectivity index (χ4n) is 3.54. The van der Waals surface area contributed by atoms with E-state index in [-0.39, 0.29) is 11.8 Å². The number of aromatic nitrogens is 2. The van der Waals surface area contributed by atoms with Crippen LogP contribution in [0.2, 0.25) is 0 Å². The van der Waals surface area contributed by atoms with Crippen LogP contribution in [0.5, 0.6) is 0 Å². The Bertz CT molecular complexity index is 613. The summed E-state index contributed by atoms with van der Waals surface area (Å²) in [5.41, 5.74) is 1.13. The van der Waals surface area contributed by atoms with E-state index < -0.39 is 0 Å². The summed E-state index contributed by atoms with van der Waals surface area (Å²) in [5, 5.41) is 0. The lowest BCUT2D eigenvalue weighted by molar-refractivity contribution is -0.135. The monoisotopic (exact) mass is 311 g/mol. The van der Waals surface area contributed by atoms with Crippen LogP contribution in [0.25, 0.3) is 0 Å². The normalized spacial score (nSPS) is 17.4. The molecule has 0 radical (unpaired) electrons. The van der Waals surface area contributed by atoms with E-state index in [4.69, 9.17) is 0 Å². The first-order valence-electron chi connectivity index (χ1n) is 8.50. The molecule has 1 aromatic carbocycles. The fraction of sp³-hybridized carbons (Fsp3) is 0.474. The van der Waals surface area contributed by atoms with Gasteiger partial charge in [-0.25, -0.2) is 4.98 Å². The summed E-state index contributed by atoms with van der Waals surface area (Å²) < 4.78 is 0. The largest absolute Gasteiger partial charge is 0.348 e. The minimum atomic E-state index is -0.0450. The van der Waals surface area contributed by atoms with Gasteiger partial charge in [0.1, 0.15) is 5.82 Å². The summed E-state index contributed by atoms with van der Waals surface area (Å²) in [6, 6.07) is 10.2. The molecule has 1 saturated heterocycles. The van der Waals surface area contributed by atoms with Crippen molar-refractivity contribution in [3.8, 4) is 0 Å². The molecule has 0 aliphatic carbocycles. The van der Waals surface area contributed by atoms with Gasteiger partial charge in [0.2, 0.25) is 5.91 Å². The molecular formula is C19H25N3O. The van der Waals surface area contributed by atoms with E-state index in [1.54, 1.807) is 6.20 Å². The highest BCUT2D eigenvalue weighted by atomic mass is 16.2. The van der Waals surface area contributed by atoms with Crippen molar-refractivity contribution in [1.82, 2.24) is 14.9 Å². The first-order chi connectivity index (χ1) is 11.2. The van der Waals surface area contributed by atoms with Crippen LogP contribution in [0.4, 0.5) is 0 Å². The van der Waals surface area contributed by atoms with Crippen LogP contribution in [0.1, 0.15) is 49.9 Å². The third-order valence-corrected chi connectivity index (χ3v) is 4.80. The Morgan fingerprint density at radius 3 is 2.48 bits per heavy atom. The number of carbonyl (C=O) groups is 1. The van der Waals surface area contributed by atoms with E-state index >= 15 is 0 Å². The molecule has 1 aliphatic heterocycles. The topological polar surface area (TPSA) is 49.0 Å². The van der Waals surface area contributed by atoms with Gasteiger partial charge in [0, 0.05) is 31.4 Å². The van der Waals surface area contributed by atoms with Gasteiger partial charge in [-0.2, -0.15) is 0 Å². The molecule has 1 amide bonds. The van der Waals surface area contributed by atoms with Gasteiger partial charge in [-0.15, -0.1) is 0 Å². The first kappa shape index (κ1) is 15.8. The number of amides is 1. The molecule has 1 atom stereocenters. The van der Waals surface area contributed by atoms with Gasteiger partial charge in [-0.05, 0) is 24.3 Å². The average Bonchev–Trinajstić information content (AvgIpc) is 3.10. The van der Waals surface area contributed by atoms with E-state index in [2.05, 4.69) is 35.9 Å². The number of hydrogen-bond acceptors (Lipinski definition) is 2. The van der Waals surface area contributed by atoms with E-state index in [0.717, 1.165) is 37.3 Å². The summed E-state index contributed by atoms with van der Waals surface area (Å²) >= 11 is 0. The van der Waals surface area contributed by atoms with Crippen LogP contribution < -0.4 is 0 Å². The number of H-pyrrole nitrogens is 1. The van der Waals surface area contributed by atoms with Crippen molar-refractivity contribution in [2.24, 2.45) is 5.92 Å². The van der Waals surface area contributed by atoms with Crippen LogP contribution >= 0.6 is 0 Å². The standard InChI is InChI=1S/C19H25N3O/c1-14(2)17(15-6-4-3-5-7-15)19(23)22-12-8-16(9-13-22)18-20-10-11-21-18/h3-7,10-11,14,16-17H,8-9,12-13H2,1-2H3,(H,20,21). The maximum absolute atomic E-state index is 13.0. The number of carbonyl (C=O) groups excluding carboxylic acids is 1. The van der Waals surface area contributed by atoms with Crippen molar-refractivity contribution in [1.29, 1.82) is 0 Å². The molecule has 1 aromatic heterocycles. The van der Waals surface area contributed by atoms with Gasteiger partial charge in [0.25, 0.3) is 0 Å². The van der Waals surface area contributed by atoms with E-state index in [9.17, 15) is 4.79 Å². The Labute approximate surface area is 137 Å². The van der Waals surface area contributed by atoms with Crippen LogP contribution in [-0.4, -0.2) is 33.9 Å². The van der Waals surface area contributed by atoms with Crippen LogP contribution in [0.3, 0.4) is 0 Å². The molecular weight excluding hydrogens is 286 g/mol. The highest BCUT2D eigenvalue weighted by molar-refractivity contribution is 5.84. The number of imidazole rings is 1. The van der Waals surface area contributed by atoms with E-state index in [1.807, 2.05) is 29.3 Å². The molecule has 0 saturated carbocycles. The second kappa shape index (κ2) is 6.99. The average molecular weight is 311 g/mol. The molecule has 1 N–H and O–H groups in total. The second-order valence-electron chi connectivity index (χ2n) is 6.71. The number of nitrogens with zero attached hydrogens (tertiary/aromatic N) is 2. The number of benzene rings is 1. The van der Waals surface area contributed by atoms with Crippen molar-refractivity contribution in [3.05, 3.63) is 54.1 Å². The zero-order valence-corrected chi connectivity index (χ0v) is 13.9. The number of aromatic amines is 1. The molecule has 122 valence electrons. The molecule has 1 unspecified atom stereocenters. The molecule has 3 rings (SSSR count). The third kappa shape index (κ3) is 3.46. The fourth-order valence-corrected chi connectivity index (χ4v) is 3.54. The lowest BCUT2D eigenvalue weighted by Crippen LogP contribution is -2.42. The second-order valence-corrected chi connectivity index (χ2v) is 6.71. The van der Waals surface area contributed by atoms with Gasteiger partial charge >= 0.3 is 0 Å². The summed E-state index contributed by atoms with van der Waals surface area (Å²) in [5.74, 6) is 2.02. The van der Waals surface area contributed by atoms with Crippen LogP contribution in [0, 0.1) is 5.92 Å². The SMILES string of the molecule is CC(C)C(C(=O)N1CCC(c2ncc[nH]2)CC1)c1ccccc1. The maximum Gasteiger partial charge on any atom is 0.230 e. The molecule has 2 heterocycles. The quantitative estimate of drug-likeness (QED) is 0.938. The maximum atomic E-state index is 13.0. The van der Waals surface area contributed by atoms with E-state index in [1.165, 1.54) is 0 Å². The predicted octanol–water partition coefficient (Wildman–Crippen LogP) is 3.56. The number of rotatable bonds is 4. The molecule has 4 nitrogen and oxygen atoms in total.